The van der Waals surface area contributed by atoms with Crippen LogP contribution in [0.4, 0.5) is 11.4 Å². The minimum Gasteiger partial charge on any atom is -0.368 e. The lowest BCUT2D eigenvalue weighted by atomic mass is 10.1. The maximum atomic E-state index is 11.8. The molecule has 2 aromatic carbocycles. The number of benzene rings is 2. The summed E-state index contributed by atoms with van der Waals surface area (Å²) in [4.78, 5) is 22.3. The van der Waals surface area contributed by atoms with Crippen LogP contribution in [0.15, 0.2) is 36.4 Å². The molecule has 0 aromatic heterocycles. The van der Waals surface area contributed by atoms with Crippen molar-refractivity contribution < 1.29 is 9.72 Å². The molecule has 0 saturated carbocycles. The molecule has 0 heterocycles. The number of anilines is 1. The van der Waals surface area contributed by atoms with Crippen LogP contribution in [0, 0.1) is 10.1 Å². The Labute approximate surface area is 146 Å². The molecule has 2 rings (SSSR count). The first-order valence-electron chi connectivity index (χ1n) is 6.25. The predicted octanol–water partition coefficient (Wildman–Crippen LogP) is 4.19. The molecule has 2 aromatic rings. The second kappa shape index (κ2) is 7.04. The largest absolute Gasteiger partial charge is 0.368 e. The molecule has 0 spiro atoms. The number of nitrogens with zero attached hydrogens (tertiary/aromatic N) is 1. The van der Waals surface area contributed by atoms with Gasteiger partial charge in [-0.3, -0.25) is 14.9 Å². The van der Waals surface area contributed by atoms with E-state index in [0.29, 0.717) is 0 Å². The summed E-state index contributed by atoms with van der Waals surface area (Å²) in [7, 11) is 0. The molecule has 3 N–H and O–H groups in total. The standard InChI is InChI=1S/C14H10Cl3N3O3/c15-7-4-5-11(20(22)23)10(6-7)19-13(14(18)21)12-8(16)2-1-3-9(12)17/h1-6,13,19H,(H2,18,21). The van der Waals surface area contributed by atoms with Crippen molar-refractivity contribution in [2.45, 2.75) is 6.04 Å². The van der Waals surface area contributed by atoms with Crippen LogP contribution < -0.4 is 11.1 Å². The van der Waals surface area contributed by atoms with Crippen molar-refractivity contribution in [1.29, 1.82) is 0 Å². The summed E-state index contributed by atoms with van der Waals surface area (Å²) in [6.45, 7) is 0. The van der Waals surface area contributed by atoms with Crippen molar-refractivity contribution in [3.63, 3.8) is 0 Å². The lowest BCUT2D eigenvalue weighted by molar-refractivity contribution is -0.384. The Balaban J connectivity index is 2.52. The van der Waals surface area contributed by atoms with Crippen molar-refractivity contribution in [2.75, 3.05) is 5.32 Å². The highest BCUT2D eigenvalue weighted by molar-refractivity contribution is 6.36. The van der Waals surface area contributed by atoms with Gasteiger partial charge in [-0.15, -0.1) is 0 Å². The van der Waals surface area contributed by atoms with Gasteiger partial charge >= 0.3 is 0 Å². The van der Waals surface area contributed by atoms with E-state index in [1.165, 1.54) is 30.3 Å². The third-order valence-electron chi connectivity index (χ3n) is 3.03. The van der Waals surface area contributed by atoms with Crippen molar-refractivity contribution in [3.05, 3.63) is 67.1 Å². The zero-order valence-corrected chi connectivity index (χ0v) is 13.7. The highest BCUT2D eigenvalue weighted by Gasteiger charge is 2.26. The molecule has 120 valence electrons. The van der Waals surface area contributed by atoms with Crippen LogP contribution in [0.25, 0.3) is 0 Å². The summed E-state index contributed by atoms with van der Waals surface area (Å²) >= 11 is 18.0. The van der Waals surface area contributed by atoms with E-state index < -0.39 is 16.9 Å². The average molecular weight is 375 g/mol. The van der Waals surface area contributed by atoms with Crippen molar-refractivity contribution >= 4 is 52.1 Å². The Morgan fingerprint density at radius 2 is 1.78 bits per heavy atom. The molecule has 0 saturated heterocycles. The topological polar surface area (TPSA) is 98.3 Å². The van der Waals surface area contributed by atoms with Gasteiger partial charge in [0.25, 0.3) is 5.69 Å². The van der Waals surface area contributed by atoms with Crippen LogP contribution in [0.1, 0.15) is 11.6 Å². The molecule has 0 bridgehead atoms. The van der Waals surface area contributed by atoms with Gasteiger partial charge in [0.1, 0.15) is 11.7 Å². The zero-order chi connectivity index (χ0) is 17.1. The van der Waals surface area contributed by atoms with Crippen LogP contribution in [0.5, 0.6) is 0 Å². The van der Waals surface area contributed by atoms with Crippen LogP contribution in [0.3, 0.4) is 0 Å². The first-order chi connectivity index (χ1) is 10.8. The van der Waals surface area contributed by atoms with E-state index in [0.717, 1.165) is 0 Å². The number of hydrogen-bond acceptors (Lipinski definition) is 4. The summed E-state index contributed by atoms with van der Waals surface area (Å²) in [5.41, 5.74) is 5.40. The van der Waals surface area contributed by atoms with Crippen LogP contribution in [-0.2, 0) is 4.79 Å². The fourth-order valence-electron chi connectivity index (χ4n) is 2.01. The van der Waals surface area contributed by atoms with Gasteiger partial charge in [0.05, 0.1) is 4.92 Å². The Morgan fingerprint density at radius 3 is 2.30 bits per heavy atom. The quantitative estimate of drug-likeness (QED) is 0.605. The predicted molar refractivity (Wildman–Crippen MR) is 90.1 cm³/mol. The zero-order valence-electron chi connectivity index (χ0n) is 11.4. The number of nitro benzene ring substituents is 1. The van der Waals surface area contributed by atoms with Gasteiger partial charge in [0, 0.05) is 26.7 Å². The molecular formula is C14H10Cl3N3O3. The Bertz CT molecular complexity index is 763. The molecule has 1 atom stereocenters. The minimum atomic E-state index is -1.16. The molecule has 0 fully saturated rings. The maximum absolute atomic E-state index is 11.8. The highest BCUT2D eigenvalue weighted by atomic mass is 35.5. The molecular weight excluding hydrogens is 365 g/mol. The van der Waals surface area contributed by atoms with E-state index in [9.17, 15) is 14.9 Å². The Kier molecular flexibility index (Phi) is 5.30. The monoisotopic (exact) mass is 373 g/mol. The smallest absolute Gasteiger partial charge is 0.292 e. The number of nitrogens with one attached hydrogen (secondary N) is 1. The van der Waals surface area contributed by atoms with Gasteiger partial charge in [-0.05, 0) is 24.3 Å². The van der Waals surface area contributed by atoms with Crippen molar-refractivity contribution in [3.8, 4) is 0 Å². The molecule has 0 aliphatic heterocycles. The van der Waals surface area contributed by atoms with E-state index in [2.05, 4.69) is 5.32 Å². The average Bonchev–Trinajstić information content (AvgIpc) is 2.45. The van der Waals surface area contributed by atoms with Gasteiger partial charge in [0.15, 0.2) is 0 Å². The number of hydrogen-bond donors (Lipinski definition) is 2. The third kappa shape index (κ3) is 3.85. The van der Waals surface area contributed by atoms with Crippen LogP contribution in [0.2, 0.25) is 15.1 Å². The summed E-state index contributed by atoms with van der Waals surface area (Å²) in [6.07, 6.45) is 0. The number of nitrogens with two attached hydrogens (primary N) is 1. The minimum absolute atomic E-state index is 0.0299. The number of carbonyl (C=O) groups is 1. The third-order valence-corrected chi connectivity index (χ3v) is 3.92. The number of amides is 1. The summed E-state index contributed by atoms with van der Waals surface area (Å²) < 4.78 is 0. The Morgan fingerprint density at radius 1 is 1.17 bits per heavy atom. The lowest BCUT2D eigenvalue weighted by Crippen LogP contribution is -2.28. The second-order valence-electron chi connectivity index (χ2n) is 4.53. The molecule has 0 aliphatic rings. The van der Waals surface area contributed by atoms with Gasteiger partial charge in [0.2, 0.25) is 5.91 Å². The van der Waals surface area contributed by atoms with Crippen LogP contribution >= 0.6 is 34.8 Å². The lowest BCUT2D eigenvalue weighted by Gasteiger charge is -2.19. The van der Waals surface area contributed by atoms with Gasteiger partial charge in [-0.2, -0.15) is 0 Å². The fourth-order valence-corrected chi connectivity index (χ4v) is 2.80. The maximum Gasteiger partial charge on any atom is 0.292 e. The molecule has 9 heteroatoms. The number of nitro groups is 1. The first kappa shape index (κ1) is 17.3. The summed E-state index contributed by atoms with van der Waals surface area (Å²) in [5.74, 6) is -0.797. The van der Waals surface area contributed by atoms with E-state index in [1.807, 2.05) is 0 Å². The van der Waals surface area contributed by atoms with E-state index in [4.69, 9.17) is 40.5 Å². The molecule has 1 unspecified atom stereocenters. The van der Waals surface area contributed by atoms with Gasteiger partial charge < -0.3 is 11.1 Å². The fraction of sp³-hybridized carbons (Fsp3) is 0.0714. The number of rotatable bonds is 5. The number of carbonyl (C=O) groups excluding carboxylic acids is 1. The van der Waals surface area contributed by atoms with Crippen molar-refractivity contribution in [1.82, 2.24) is 0 Å². The van der Waals surface area contributed by atoms with Gasteiger partial charge in [-0.1, -0.05) is 40.9 Å². The molecule has 0 aliphatic carbocycles. The molecule has 6 nitrogen and oxygen atoms in total. The van der Waals surface area contributed by atoms with Gasteiger partial charge in [-0.25, -0.2) is 0 Å². The first-order valence-corrected chi connectivity index (χ1v) is 7.38. The normalized spacial score (nSPS) is 11.8. The second-order valence-corrected chi connectivity index (χ2v) is 5.78. The number of primary amides is 1. The molecule has 0 radical (unpaired) electrons. The van der Waals surface area contributed by atoms with Crippen molar-refractivity contribution in [2.24, 2.45) is 5.73 Å². The summed E-state index contributed by atoms with van der Waals surface area (Å²) in [6, 6.07) is 7.42. The highest BCUT2D eigenvalue weighted by Crippen LogP contribution is 2.35. The SMILES string of the molecule is NC(=O)C(Nc1cc(Cl)ccc1[N+](=O)[O-])c1c(Cl)cccc1Cl. The summed E-state index contributed by atoms with van der Waals surface area (Å²) in [5, 5.41) is 14.5. The van der Waals surface area contributed by atoms with Crippen LogP contribution in [-0.4, -0.2) is 10.8 Å². The molecule has 23 heavy (non-hydrogen) atoms. The molecule has 1 amide bonds. The number of halogens is 3. The Hall–Kier alpha value is -2.02. The van der Waals surface area contributed by atoms with E-state index >= 15 is 0 Å². The van der Waals surface area contributed by atoms with E-state index in [1.54, 1.807) is 6.07 Å². The van der Waals surface area contributed by atoms with E-state index in [-0.39, 0.29) is 32.0 Å².